The fourth-order valence-electron chi connectivity index (χ4n) is 3.44. The van der Waals surface area contributed by atoms with Gasteiger partial charge in [-0.1, -0.05) is 41.6 Å². The quantitative estimate of drug-likeness (QED) is 0.251. The predicted molar refractivity (Wildman–Crippen MR) is 128 cm³/mol. The lowest BCUT2D eigenvalue weighted by molar-refractivity contribution is 0.627. The first-order valence-corrected chi connectivity index (χ1v) is 11.8. The molecule has 0 N–H and O–H groups in total. The summed E-state index contributed by atoms with van der Waals surface area (Å²) in [5.74, 6) is 0.430. The van der Waals surface area contributed by atoms with Gasteiger partial charge in [0.1, 0.15) is 10.8 Å². The maximum Gasteiger partial charge on any atom is 0.173 e. The number of imidazole rings is 1. The molecule has 5 aromatic rings. The van der Waals surface area contributed by atoms with E-state index in [-0.39, 0.29) is 5.82 Å². The van der Waals surface area contributed by atoms with E-state index < -0.39 is 0 Å². The number of thiazole rings is 1. The Hall–Kier alpha value is -2.67. The minimum absolute atomic E-state index is 0.270. The monoisotopic (exact) mass is 465 g/mol. The fourth-order valence-corrected chi connectivity index (χ4v) is 5.52. The van der Waals surface area contributed by atoms with Gasteiger partial charge in [0, 0.05) is 16.3 Å². The Bertz CT molecular complexity index is 1340. The van der Waals surface area contributed by atoms with Gasteiger partial charge in [-0.05, 0) is 61.0 Å². The Morgan fingerprint density at radius 3 is 2.68 bits per heavy atom. The number of para-hydroxylation sites is 1. The van der Waals surface area contributed by atoms with Crippen molar-refractivity contribution in [3.8, 4) is 16.9 Å². The Balaban J connectivity index is 1.55. The summed E-state index contributed by atoms with van der Waals surface area (Å²) in [6.45, 7) is 1.97. The molecule has 0 unspecified atom stereocenters. The van der Waals surface area contributed by atoms with E-state index in [0.717, 1.165) is 38.2 Å². The normalized spacial score (nSPS) is 11.3. The second-order valence-electron chi connectivity index (χ2n) is 7.06. The molecule has 0 spiro atoms. The lowest BCUT2D eigenvalue weighted by atomic mass is 10.1. The van der Waals surface area contributed by atoms with Crippen LogP contribution in [0.4, 0.5) is 4.39 Å². The number of fused-ring (bicyclic) bond motifs is 1. The van der Waals surface area contributed by atoms with Gasteiger partial charge in [-0.15, -0.1) is 11.3 Å². The maximum atomic E-state index is 14.0. The average Bonchev–Trinajstić information content (AvgIpc) is 3.38. The Morgan fingerprint density at radius 2 is 1.87 bits per heavy atom. The van der Waals surface area contributed by atoms with E-state index in [1.807, 2.05) is 49.4 Å². The minimum atomic E-state index is -0.270. The molecule has 7 heteroatoms. The highest BCUT2D eigenvalue weighted by Gasteiger charge is 2.17. The number of nitrogens with zero attached hydrogens (tertiary/aromatic N) is 3. The highest BCUT2D eigenvalue weighted by Crippen LogP contribution is 2.34. The molecule has 154 valence electrons. The number of aryl methyl sites for hydroxylation is 1. The average molecular weight is 466 g/mol. The van der Waals surface area contributed by atoms with Crippen LogP contribution in [0.15, 0.2) is 78.1 Å². The zero-order chi connectivity index (χ0) is 21.4. The highest BCUT2D eigenvalue weighted by atomic mass is 35.5. The maximum absolute atomic E-state index is 14.0. The summed E-state index contributed by atoms with van der Waals surface area (Å²) in [5, 5.41) is 2.52. The van der Waals surface area contributed by atoms with Gasteiger partial charge in [0.15, 0.2) is 5.16 Å². The van der Waals surface area contributed by atoms with Crippen LogP contribution >= 0.6 is 34.7 Å². The van der Waals surface area contributed by atoms with Gasteiger partial charge >= 0.3 is 0 Å². The number of thioether (sulfide) groups is 1. The summed E-state index contributed by atoms with van der Waals surface area (Å²) in [7, 11) is 0. The van der Waals surface area contributed by atoms with E-state index in [9.17, 15) is 4.39 Å². The molecule has 0 aliphatic rings. The molecule has 0 atom stereocenters. The van der Waals surface area contributed by atoms with Crippen molar-refractivity contribution in [1.29, 1.82) is 0 Å². The molecule has 0 radical (unpaired) electrons. The van der Waals surface area contributed by atoms with Gasteiger partial charge in [0.25, 0.3) is 0 Å². The van der Waals surface area contributed by atoms with Crippen molar-refractivity contribution in [2.24, 2.45) is 0 Å². The topological polar surface area (TPSA) is 30.7 Å². The third-order valence-electron chi connectivity index (χ3n) is 4.95. The van der Waals surface area contributed by atoms with Crippen LogP contribution in [0.25, 0.3) is 27.2 Å². The molecule has 0 aliphatic heterocycles. The van der Waals surface area contributed by atoms with Crippen LogP contribution in [-0.2, 0) is 5.75 Å². The van der Waals surface area contributed by atoms with Gasteiger partial charge < -0.3 is 0 Å². The number of hydrogen-bond donors (Lipinski definition) is 0. The van der Waals surface area contributed by atoms with Gasteiger partial charge in [0.2, 0.25) is 0 Å². The zero-order valence-corrected chi connectivity index (χ0v) is 18.9. The largest absolute Gasteiger partial charge is 0.287 e. The molecule has 0 bridgehead atoms. The van der Waals surface area contributed by atoms with Crippen molar-refractivity contribution < 1.29 is 4.39 Å². The summed E-state index contributed by atoms with van der Waals surface area (Å²) in [5.41, 5.74) is 4.58. The molecule has 5 rings (SSSR count). The fraction of sp³-hybridized carbons (Fsp3) is 0.0833. The third kappa shape index (κ3) is 4.11. The molecule has 0 aliphatic carbocycles. The standard InChI is InChI=1S/C24H17ClFN3S2/c1-15-6-9-17(26)12-19(15)21-13-27-24(29(21)18-10-7-16(25)8-11-18)30-14-23-28-20-4-2-3-5-22(20)31-23/h2-13H,14H2,1H3. The van der Waals surface area contributed by atoms with E-state index in [4.69, 9.17) is 16.6 Å². The number of aromatic nitrogens is 3. The van der Waals surface area contributed by atoms with Gasteiger partial charge in [-0.3, -0.25) is 4.57 Å². The molecule has 2 heterocycles. The molecule has 0 saturated carbocycles. The van der Waals surface area contributed by atoms with E-state index in [2.05, 4.69) is 15.6 Å². The molecule has 0 amide bonds. The predicted octanol–water partition coefficient (Wildman–Crippen LogP) is 7.54. The van der Waals surface area contributed by atoms with Crippen LogP contribution in [0.3, 0.4) is 0 Å². The lowest BCUT2D eigenvalue weighted by Crippen LogP contribution is -2.00. The van der Waals surface area contributed by atoms with Crippen molar-refractivity contribution in [2.75, 3.05) is 0 Å². The first kappa shape index (κ1) is 20.2. The summed E-state index contributed by atoms with van der Waals surface area (Å²) in [6.07, 6.45) is 1.80. The number of rotatable bonds is 5. The van der Waals surface area contributed by atoms with E-state index in [1.165, 1.54) is 10.8 Å². The lowest BCUT2D eigenvalue weighted by Gasteiger charge is -2.13. The van der Waals surface area contributed by atoms with E-state index >= 15 is 0 Å². The molecule has 2 aromatic heterocycles. The second kappa shape index (κ2) is 8.46. The molecule has 3 aromatic carbocycles. The van der Waals surface area contributed by atoms with Crippen molar-refractivity contribution >= 4 is 44.9 Å². The van der Waals surface area contributed by atoms with Crippen molar-refractivity contribution in [3.05, 3.63) is 94.3 Å². The van der Waals surface area contributed by atoms with Crippen LogP contribution in [0.1, 0.15) is 10.6 Å². The van der Waals surface area contributed by atoms with E-state index in [0.29, 0.717) is 10.8 Å². The SMILES string of the molecule is Cc1ccc(F)cc1-c1cnc(SCc2nc3ccccc3s2)n1-c1ccc(Cl)cc1. The Labute approximate surface area is 192 Å². The van der Waals surface area contributed by atoms with Crippen molar-refractivity contribution in [1.82, 2.24) is 14.5 Å². The van der Waals surface area contributed by atoms with Gasteiger partial charge in [-0.2, -0.15) is 0 Å². The first-order chi connectivity index (χ1) is 15.1. The summed E-state index contributed by atoms with van der Waals surface area (Å²) < 4.78 is 17.3. The van der Waals surface area contributed by atoms with Crippen LogP contribution in [-0.4, -0.2) is 14.5 Å². The summed E-state index contributed by atoms with van der Waals surface area (Å²) >= 11 is 9.41. The molecular weight excluding hydrogens is 449 g/mol. The number of hydrogen-bond acceptors (Lipinski definition) is 4. The van der Waals surface area contributed by atoms with Gasteiger partial charge in [0.05, 0.1) is 27.9 Å². The molecule has 3 nitrogen and oxygen atoms in total. The van der Waals surface area contributed by atoms with Crippen molar-refractivity contribution in [3.63, 3.8) is 0 Å². The zero-order valence-electron chi connectivity index (χ0n) is 16.5. The third-order valence-corrected chi connectivity index (χ3v) is 7.39. The van der Waals surface area contributed by atoms with E-state index in [1.54, 1.807) is 41.4 Å². The van der Waals surface area contributed by atoms with Crippen LogP contribution in [0, 0.1) is 12.7 Å². The number of halogens is 2. The van der Waals surface area contributed by atoms with Crippen LogP contribution in [0.2, 0.25) is 5.02 Å². The highest BCUT2D eigenvalue weighted by molar-refractivity contribution is 7.98. The van der Waals surface area contributed by atoms with Crippen LogP contribution in [0.5, 0.6) is 0 Å². The molecule has 31 heavy (non-hydrogen) atoms. The van der Waals surface area contributed by atoms with Crippen molar-refractivity contribution in [2.45, 2.75) is 17.8 Å². The van der Waals surface area contributed by atoms with Crippen LogP contribution < -0.4 is 0 Å². The smallest absolute Gasteiger partial charge is 0.173 e. The Morgan fingerprint density at radius 1 is 1.06 bits per heavy atom. The van der Waals surface area contributed by atoms with Gasteiger partial charge in [-0.25, -0.2) is 14.4 Å². The molecule has 0 fully saturated rings. The second-order valence-corrected chi connectivity index (χ2v) is 9.56. The first-order valence-electron chi connectivity index (χ1n) is 9.66. The molecular formula is C24H17ClFN3S2. The Kier molecular flexibility index (Phi) is 5.52. The minimum Gasteiger partial charge on any atom is -0.287 e. The summed E-state index contributed by atoms with van der Waals surface area (Å²) in [4.78, 5) is 9.40. The summed E-state index contributed by atoms with van der Waals surface area (Å²) in [6, 6.07) is 20.6. The molecule has 0 saturated heterocycles. The number of benzene rings is 3.